The summed E-state index contributed by atoms with van der Waals surface area (Å²) in [5.41, 5.74) is 1.02. The molecule has 5 nitrogen and oxygen atoms in total. The average molecular weight is 401 g/mol. The van der Waals surface area contributed by atoms with Crippen molar-refractivity contribution in [2.75, 3.05) is 5.32 Å². The molecule has 1 aromatic heterocycles. The van der Waals surface area contributed by atoms with Crippen LogP contribution in [0.25, 0.3) is 0 Å². The number of aromatic nitrogens is 1. The van der Waals surface area contributed by atoms with Gasteiger partial charge in [-0.05, 0) is 30.3 Å². The van der Waals surface area contributed by atoms with Crippen molar-refractivity contribution < 1.29 is 14.3 Å². The van der Waals surface area contributed by atoms with Crippen molar-refractivity contribution >= 4 is 40.8 Å². The van der Waals surface area contributed by atoms with E-state index < -0.39 is 18.0 Å². The molecular formula is C20H14Cl2N2O3. The van der Waals surface area contributed by atoms with E-state index in [2.05, 4.69) is 10.3 Å². The molecule has 27 heavy (non-hydrogen) atoms. The van der Waals surface area contributed by atoms with Gasteiger partial charge in [0.05, 0.1) is 0 Å². The number of nitrogens with one attached hydrogen (secondary N) is 1. The van der Waals surface area contributed by atoms with Gasteiger partial charge in [0.25, 0.3) is 5.91 Å². The fourth-order valence-corrected chi connectivity index (χ4v) is 2.91. The second-order valence-corrected chi connectivity index (χ2v) is 6.43. The molecule has 136 valence electrons. The Bertz CT molecular complexity index is 930. The zero-order chi connectivity index (χ0) is 19.2. The third-order valence-electron chi connectivity index (χ3n) is 3.57. The first-order chi connectivity index (χ1) is 13.0. The standard InChI is InChI=1S/C20H14Cl2N2O3/c21-14-10-15(22)12-16(11-14)24-19(25)18(13-6-2-1-3-7-13)27-20(26)17-8-4-5-9-23-17/h1-12,18H,(H,24,25). The van der Waals surface area contributed by atoms with Crippen LogP contribution >= 0.6 is 23.2 Å². The Kier molecular flexibility index (Phi) is 6.06. The molecule has 1 N–H and O–H groups in total. The molecule has 1 heterocycles. The van der Waals surface area contributed by atoms with Crippen molar-refractivity contribution in [2.24, 2.45) is 0 Å². The van der Waals surface area contributed by atoms with Crippen molar-refractivity contribution in [1.82, 2.24) is 4.98 Å². The summed E-state index contributed by atoms with van der Waals surface area (Å²) in [5, 5.41) is 3.42. The topological polar surface area (TPSA) is 68.3 Å². The molecule has 0 saturated heterocycles. The number of anilines is 1. The maximum Gasteiger partial charge on any atom is 0.358 e. The lowest BCUT2D eigenvalue weighted by Crippen LogP contribution is -2.26. The smallest absolute Gasteiger partial charge is 0.358 e. The summed E-state index contributed by atoms with van der Waals surface area (Å²) < 4.78 is 5.44. The number of benzene rings is 2. The lowest BCUT2D eigenvalue weighted by atomic mass is 10.1. The minimum Gasteiger partial charge on any atom is -0.443 e. The molecule has 0 aliphatic heterocycles. The van der Waals surface area contributed by atoms with Crippen LogP contribution < -0.4 is 5.32 Å². The third-order valence-corrected chi connectivity index (χ3v) is 4.01. The number of esters is 1. The number of pyridine rings is 1. The van der Waals surface area contributed by atoms with Crippen molar-refractivity contribution in [3.8, 4) is 0 Å². The summed E-state index contributed by atoms with van der Waals surface area (Å²) in [6, 6.07) is 18.2. The SMILES string of the molecule is O=C(OC(C(=O)Nc1cc(Cl)cc(Cl)c1)c1ccccc1)c1ccccn1. The fraction of sp³-hybridized carbons (Fsp3) is 0.0500. The predicted octanol–water partition coefficient (Wildman–Crippen LogP) is 4.93. The predicted molar refractivity (Wildman–Crippen MR) is 104 cm³/mol. The van der Waals surface area contributed by atoms with Crippen LogP contribution in [0.1, 0.15) is 22.2 Å². The Balaban J connectivity index is 1.85. The van der Waals surface area contributed by atoms with Crippen LogP contribution in [0.3, 0.4) is 0 Å². The van der Waals surface area contributed by atoms with Gasteiger partial charge in [0.1, 0.15) is 5.69 Å². The van der Waals surface area contributed by atoms with Gasteiger partial charge in [0, 0.05) is 27.5 Å². The summed E-state index contributed by atoms with van der Waals surface area (Å²) in [4.78, 5) is 29.1. The van der Waals surface area contributed by atoms with Gasteiger partial charge in [-0.2, -0.15) is 0 Å². The number of halogens is 2. The van der Waals surface area contributed by atoms with Gasteiger partial charge in [0.15, 0.2) is 0 Å². The lowest BCUT2D eigenvalue weighted by molar-refractivity contribution is -0.125. The monoisotopic (exact) mass is 400 g/mol. The van der Waals surface area contributed by atoms with Crippen molar-refractivity contribution in [2.45, 2.75) is 6.10 Å². The maximum absolute atomic E-state index is 12.8. The van der Waals surface area contributed by atoms with E-state index in [1.54, 1.807) is 60.7 Å². The molecule has 1 unspecified atom stereocenters. The van der Waals surface area contributed by atoms with Crippen molar-refractivity contribution in [3.63, 3.8) is 0 Å². The van der Waals surface area contributed by atoms with E-state index in [1.165, 1.54) is 12.3 Å². The van der Waals surface area contributed by atoms with Gasteiger partial charge in [-0.1, -0.05) is 59.6 Å². The van der Waals surface area contributed by atoms with E-state index in [-0.39, 0.29) is 5.69 Å². The van der Waals surface area contributed by atoms with Gasteiger partial charge >= 0.3 is 5.97 Å². The van der Waals surface area contributed by atoms with E-state index in [0.29, 0.717) is 21.3 Å². The van der Waals surface area contributed by atoms with Crippen LogP contribution in [-0.2, 0) is 9.53 Å². The Labute approximate surface area is 165 Å². The second-order valence-electron chi connectivity index (χ2n) is 5.56. The fourth-order valence-electron chi connectivity index (χ4n) is 2.39. The van der Waals surface area contributed by atoms with Gasteiger partial charge in [0.2, 0.25) is 6.10 Å². The molecule has 3 rings (SSSR count). The molecule has 0 saturated carbocycles. The van der Waals surface area contributed by atoms with Gasteiger partial charge in [-0.3, -0.25) is 4.79 Å². The summed E-state index contributed by atoms with van der Waals surface area (Å²) in [6.07, 6.45) is 0.306. The number of carbonyl (C=O) groups excluding carboxylic acids is 2. The number of rotatable bonds is 5. The number of amides is 1. The highest BCUT2D eigenvalue weighted by Gasteiger charge is 2.26. The molecular weight excluding hydrogens is 387 g/mol. The summed E-state index contributed by atoms with van der Waals surface area (Å²) in [7, 11) is 0. The lowest BCUT2D eigenvalue weighted by Gasteiger charge is -2.18. The number of hydrogen-bond acceptors (Lipinski definition) is 4. The average Bonchev–Trinajstić information content (AvgIpc) is 2.66. The molecule has 0 aliphatic rings. The van der Waals surface area contributed by atoms with Crippen LogP contribution in [0, 0.1) is 0 Å². The van der Waals surface area contributed by atoms with E-state index >= 15 is 0 Å². The largest absolute Gasteiger partial charge is 0.443 e. The Morgan fingerprint density at radius 1 is 0.926 bits per heavy atom. The van der Waals surface area contributed by atoms with E-state index in [4.69, 9.17) is 27.9 Å². The maximum atomic E-state index is 12.8. The first-order valence-corrected chi connectivity index (χ1v) is 8.72. The minimum atomic E-state index is -1.17. The van der Waals surface area contributed by atoms with Crippen LogP contribution in [0.15, 0.2) is 72.9 Å². The highest BCUT2D eigenvalue weighted by atomic mass is 35.5. The molecule has 7 heteroatoms. The number of carbonyl (C=O) groups is 2. The molecule has 0 bridgehead atoms. The molecule has 1 amide bonds. The van der Waals surface area contributed by atoms with Gasteiger partial charge < -0.3 is 10.1 Å². The molecule has 1 atom stereocenters. The van der Waals surface area contributed by atoms with Gasteiger partial charge in [-0.25, -0.2) is 9.78 Å². The quantitative estimate of drug-likeness (QED) is 0.616. The zero-order valence-corrected chi connectivity index (χ0v) is 15.4. The first kappa shape index (κ1) is 18.9. The molecule has 0 fully saturated rings. The summed E-state index contributed by atoms with van der Waals surface area (Å²) in [5.74, 6) is -1.24. The van der Waals surface area contributed by atoms with E-state index in [1.807, 2.05) is 0 Å². The Morgan fingerprint density at radius 2 is 1.59 bits per heavy atom. The normalized spacial score (nSPS) is 11.5. The molecule has 0 spiro atoms. The first-order valence-electron chi connectivity index (χ1n) is 7.97. The summed E-state index contributed by atoms with van der Waals surface area (Å²) >= 11 is 11.9. The zero-order valence-electron chi connectivity index (χ0n) is 13.9. The highest BCUT2D eigenvalue weighted by molar-refractivity contribution is 6.35. The van der Waals surface area contributed by atoms with Crippen molar-refractivity contribution in [1.29, 1.82) is 0 Å². The summed E-state index contributed by atoms with van der Waals surface area (Å²) in [6.45, 7) is 0. The molecule has 2 aromatic carbocycles. The number of hydrogen-bond donors (Lipinski definition) is 1. The molecule has 0 radical (unpaired) electrons. The molecule has 3 aromatic rings. The second kappa shape index (κ2) is 8.66. The number of ether oxygens (including phenoxy) is 1. The minimum absolute atomic E-state index is 0.108. The van der Waals surface area contributed by atoms with E-state index in [0.717, 1.165) is 0 Å². The van der Waals surface area contributed by atoms with Gasteiger partial charge in [-0.15, -0.1) is 0 Å². The van der Waals surface area contributed by atoms with E-state index in [9.17, 15) is 9.59 Å². The van der Waals surface area contributed by atoms with Crippen molar-refractivity contribution in [3.05, 3.63) is 94.2 Å². The Morgan fingerprint density at radius 3 is 2.22 bits per heavy atom. The van der Waals surface area contributed by atoms with Crippen LogP contribution in [0.2, 0.25) is 10.0 Å². The van der Waals surface area contributed by atoms with Crippen LogP contribution in [-0.4, -0.2) is 16.9 Å². The third kappa shape index (κ3) is 5.06. The van der Waals surface area contributed by atoms with Crippen LogP contribution in [0.5, 0.6) is 0 Å². The molecule has 0 aliphatic carbocycles. The van der Waals surface area contributed by atoms with Crippen LogP contribution in [0.4, 0.5) is 5.69 Å². The number of nitrogens with zero attached hydrogens (tertiary/aromatic N) is 1. The Hall–Kier alpha value is -2.89. The highest BCUT2D eigenvalue weighted by Crippen LogP contribution is 2.25.